The number of oxazole rings is 2. The maximum absolute atomic E-state index is 12.4. The summed E-state index contributed by atoms with van der Waals surface area (Å²) in [6.45, 7) is 25.9. The van der Waals surface area contributed by atoms with E-state index in [0.717, 1.165) is 43.8 Å². The van der Waals surface area contributed by atoms with E-state index < -0.39 is 0 Å². The number of pyridine rings is 2. The zero-order valence-electron chi connectivity index (χ0n) is 36.4. The number of rotatable bonds is 0. The average molecular weight is 795 g/mol. The molecule has 60 heavy (non-hydrogen) atoms. The van der Waals surface area contributed by atoms with Crippen LogP contribution in [0.2, 0.25) is 0 Å². The highest BCUT2D eigenvalue weighted by molar-refractivity contribution is 6.19. The number of hydrogen-bond donors (Lipinski definition) is 2. The van der Waals surface area contributed by atoms with Crippen molar-refractivity contribution in [3.05, 3.63) is 95.1 Å². The maximum atomic E-state index is 12.4. The smallest absolute Gasteiger partial charge is 0.231 e. The summed E-state index contributed by atoms with van der Waals surface area (Å²) in [6.07, 6.45) is 0. The molecule has 12 bridgehead atoms. The molecule has 0 aliphatic heterocycles. The van der Waals surface area contributed by atoms with Crippen molar-refractivity contribution in [1.29, 1.82) is 0 Å². The normalized spacial score (nSPS) is 13.5. The number of aromatic nitrogens is 4. The Bertz CT molecular complexity index is 3320. The van der Waals surface area contributed by atoms with Gasteiger partial charge < -0.3 is 19.0 Å². The van der Waals surface area contributed by atoms with Crippen LogP contribution in [0.3, 0.4) is 0 Å². The van der Waals surface area contributed by atoms with Gasteiger partial charge in [0.15, 0.2) is 11.2 Å². The molecule has 0 unspecified atom stereocenters. The molecular formula is C52H50N4O4. The topological polar surface area (TPSA) is 118 Å². The van der Waals surface area contributed by atoms with Crippen LogP contribution in [-0.2, 0) is 21.7 Å². The predicted molar refractivity (Wildman–Crippen MR) is 247 cm³/mol. The number of hydrogen-bond acceptors (Lipinski definition) is 8. The van der Waals surface area contributed by atoms with E-state index in [0.29, 0.717) is 77.2 Å². The standard InChI is InChI=1S/C52H50N4O4/c1-49(2,3)28-21-30-36-17-15-25-13-14-26-16-18-37(54-40(26)39(25)53-36)31-22-29(50(4,5)6)24-33(44(31)58)48-56-42-38-27(20-35(46(42)60-48)52(10,11)12)19-34(51(7,8)9)45-41(38)55-47(59-45)32(23-28)43(30)57/h13-24,57-58H,1-12H3. The summed E-state index contributed by atoms with van der Waals surface area (Å²) in [6, 6.07) is 24.4. The first-order valence-corrected chi connectivity index (χ1v) is 20.7. The van der Waals surface area contributed by atoms with Gasteiger partial charge in [-0.1, -0.05) is 107 Å². The molecule has 0 aliphatic rings. The third-order valence-corrected chi connectivity index (χ3v) is 12.2. The molecule has 5 aromatic carbocycles. The molecule has 10 rings (SSSR count). The van der Waals surface area contributed by atoms with Gasteiger partial charge in [-0.15, -0.1) is 0 Å². The van der Waals surface area contributed by atoms with Crippen molar-refractivity contribution < 1.29 is 19.0 Å². The van der Waals surface area contributed by atoms with Crippen molar-refractivity contribution in [3.8, 4) is 11.5 Å². The fourth-order valence-corrected chi connectivity index (χ4v) is 8.62. The van der Waals surface area contributed by atoms with Crippen LogP contribution >= 0.6 is 0 Å². The van der Waals surface area contributed by atoms with Crippen LogP contribution in [0.1, 0.15) is 105 Å². The van der Waals surface area contributed by atoms with Crippen molar-refractivity contribution in [3.63, 3.8) is 0 Å². The van der Waals surface area contributed by atoms with Gasteiger partial charge in [0.05, 0.1) is 32.8 Å². The SMILES string of the molecule is CC(C)(C)c1cc2c(O)c(c1)c1nc3c(o1)c(C(C)(C)C)cc1cc(C(C)(C)C)c4oc(nc4c13)c1cc(C(C)(C)C)cc(c1O)c1ccc3ccc4ccc2nc4c3n1. The highest BCUT2D eigenvalue weighted by Crippen LogP contribution is 2.46. The lowest BCUT2D eigenvalue weighted by molar-refractivity contribution is 0.485. The molecule has 0 aliphatic carbocycles. The lowest BCUT2D eigenvalue weighted by Gasteiger charge is -2.22. The fraction of sp³-hybridized carbons (Fsp3) is 0.308. The lowest BCUT2D eigenvalue weighted by Crippen LogP contribution is -2.13. The Labute approximate surface area is 347 Å². The van der Waals surface area contributed by atoms with E-state index in [2.05, 4.69) is 95.2 Å². The number of benzene rings is 5. The first-order valence-electron chi connectivity index (χ1n) is 20.7. The third kappa shape index (κ3) is 5.70. The Morgan fingerprint density at radius 2 is 0.767 bits per heavy atom. The molecular weight excluding hydrogens is 745 g/mol. The second kappa shape index (κ2) is 12.2. The maximum Gasteiger partial charge on any atom is 0.231 e. The van der Waals surface area contributed by atoms with Gasteiger partial charge >= 0.3 is 0 Å². The summed E-state index contributed by atoms with van der Waals surface area (Å²) in [5.74, 6) is 0.0451. The van der Waals surface area contributed by atoms with Gasteiger partial charge in [0.1, 0.15) is 22.5 Å². The summed E-state index contributed by atoms with van der Waals surface area (Å²) in [5, 5.41) is 30.4. The Morgan fingerprint density at radius 3 is 1.13 bits per heavy atom. The molecule has 0 saturated carbocycles. The summed E-state index contributed by atoms with van der Waals surface area (Å²) in [4.78, 5) is 21.1. The van der Waals surface area contributed by atoms with E-state index in [4.69, 9.17) is 28.8 Å². The van der Waals surface area contributed by atoms with Gasteiger partial charge in [-0.05, 0) is 86.7 Å². The van der Waals surface area contributed by atoms with Crippen LogP contribution < -0.4 is 0 Å². The van der Waals surface area contributed by atoms with Crippen molar-refractivity contribution in [2.75, 3.05) is 0 Å². The van der Waals surface area contributed by atoms with Crippen molar-refractivity contribution in [1.82, 2.24) is 19.9 Å². The van der Waals surface area contributed by atoms with E-state index in [9.17, 15) is 10.2 Å². The first kappa shape index (κ1) is 38.0. The van der Waals surface area contributed by atoms with Gasteiger partial charge in [0, 0.05) is 38.1 Å². The highest BCUT2D eigenvalue weighted by Gasteiger charge is 2.30. The van der Waals surface area contributed by atoms with Crippen molar-refractivity contribution >= 4 is 98.8 Å². The molecule has 8 heteroatoms. The van der Waals surface area contributed by atoms with Gasteiger partial charge in [-0.3, -0.25) is 0 Å². The first-order chi connectivity index (χ1) is 28.1. The van der Waals surface area contributed by atoms with E-state index in [-0.39, 0.29) is 33.2 Å². The van der Waals surface area contributed by atoms with E-state index in [1.54, 1.807) is 0 Å². The molecule has 8 nitrogen and oxygen atoms in total. The summed E-state index contributed by atoms with van der Waals surface area (Å²) >= 11 is 0. The number of fused-ring (bicyclic) bond motifs is 12. The van der Waals surface area contributed by atoms with Crippen LogP contribution in [0, 0.1) is 0 Å². The Balaban J connectivity index is 1.55. The number of phenolic OH excluding ortho intramolecular Hbond substituents is 2. The minimum absolute atomic E-state index is 0.0226. The van der Waals surface area contributed by atoms with Crippen molar-refractivity contribution in [2.45, 2.75) is 105 Å². The van der Waals surface area contributed by atoms with Crippen LogP contribution in [-0.4, -0.2) is 30.1 Å². The second-order valence-electron chi connectivity index (χ2n) is 20.8. The zero-order chi connectivity index (χ0) is 42.6. The van der Waals surface area contributed by atoms with Gasteiger partial charge in [-0.2, -0.15) is 0 Å². The summed E-state index contributed by atoms with van der Waals surface area (Å²) in [7, 11) is 0. The molecule has 5 aromatic heterocycles. The summed E-state index contributed by atoms with van der Waals surface area (Å²) < 4.78 is 13.8. The van der Waals surface area contributed by atoms with Crippen LogP contribution in [0.5, 0.6) is 11.5 Å². The van der Waals surface area contributed by atoms with E-state index >= 15 is 0 Å². The van der Waals surface area contributed by atoms with Gasteiger partial charge in [0.2, 0.25) is 11.4 Å². The molecule has 0 saturated heterocycles. The van der Waals surface area contributed by atoms with Gasteiger partial charge in [0.25, 0.3) is 0 Å². The second-order valence-corrected chi connectivity index (χ2v) is 20.8. The van der Waals surface area contributed by atoms with E-state index in [1.807, 2.05) is 60.7 Å². The molecule has 0 fully saturated rings. The molecule has 2 N–H and O–H groups in total. The monoisotopic (exact) mass is 794 g/mol. The minimum Gasteiger partial charge on any atom is -0.506 e. The Morgan fingerprint density at radius 1 is 0.400 bits per heavy atom. The van der Waals surface area contributed by atoms with Crippen LogP contribution in [0.4, 0.5) is 0 Å². The molecule has 5 heterocycles. The van der Waals surface area contributed by atoms with Crippen molar-refractivity contribution in [2.24, 2.45) is 0 Å². The number of nitrogens with zero attached hydrogens (tertiary/aromatic N) is 4. The quantitative estimate of drug-likeness (QED) is 0.146. The van der Waals surface area contributed by atoms with Gasteiger partial charge in [-0.25, -0.2) is 19.9 Å². The Kier molecular flexibility index (Phi) is 7.69. The molecule has 302 valence electrons. The average Bonchev–Trinajstić information content (AvgIpc) is 3.80. The molecule has 0 atom stereocenters. The molecule has 0 amide bonds. The molecule has 0 radical (unpaired) electrons. The van der Waals surface area contributed by atoms with Crippen LogP contribution in [0.25, 0.3) is 98.8 Å². The summed E-state index contributed by atoms with van der Waals surface area (Å²) in [5.41, 5.74) is 8.29. The van der Waals surface area contributed by atoms with Crippen LogP contribution in [0.15, 0.2) is 81.6 Å². The zero-order valence-corrected chi connectivity index (χ0v) is 36.4. The van der Waals surface area contributed by atoms with E-state index in [1.165, 1.54) is 0 Å². The highest BCUT2D eigenvalue weighted by atomic mass is 16.4. The predicted octanol–water partition coefficient (Wildman–Crippen LogP) is 14.0. The lowest BCUT2D eigenvalue weighted by atomic mass is 9.82. The fourth-order valence-electron chi connectivity index (χ4n) is 8.62. The Hall–Kier alpha value is -6.28. The third-order valence-electron chi connectivity index (χ3n) is 12.2. The number of aromatic hydroxyl groups is 2. The largest absolute Gasteiger partial charge is 0.506 e. The molecule has 10 aromatic rings. The number of phenols is 2. The minimum atomic E-state index is -0.330. The molecule has 0 spiro atoms.